The monoisotopic (exact) mass is 354 g/mol. The van der Waals surface area contributed by atoms with E-state index >= 15 is 0 Å². The van der Waals surface area contributed by atoms with Crippen molar-refractivity contribution in [2.75, 3.05) is 40.1 Å². The predicted molar refractivity (Wildman–Crippen MR) is 105 cm³/mol. The number of ether oxygens (including phenoxy) is 2. The first-order chi connectivity index (χ1) is 12.7. The van der Waals surface area contributed by atoms with Crippen molar-refractivity contribution in [2.24, 2.45) is 9.98 Å². The number of rotatable bonds is 8. The summed E-state index contributed by atoms with van der Waals surface area (Å²) in [4.78, 5) is 13.8. The number of amidine groups is 2. The van der Waals surface area contributed by atoms with Crippen LogP contribution in [0.4, 0.5) is 0 Å². The maximum atomic E-state index is 5.65. The number of fused-ring (bicyclic) bond motifs is 1. The van der Waals surface area contributed by atoms with Crippen LogP contribution in [0.15, 0.2) is 52.2 Å². The lowest BCUT2D eigenvalue weighted by Crippen LogP contribution is -2.43. The number of benzene rings is 1. The zero-order valence-corrected chi connectivity index (χ0v) is 15.7. The molecule has 6 nitrogen and oxygen atoms in total. The molecule has 0 unspecified atom stereocenters. The predicted octanol–water partition coefficient (Wildman–Crippen LogP) is 2.99. The Bertz CT molecular complexity index is 752. The van der Waals surface area contributed by atoms with E-state index in [4.69, 9.17) is 14.5 Å². The van der Waals surface area contributed by atoms with Gasteiger partial charge in [0.1, 0.15) is 18.1 Å². The fourth-order valence-corrected chi connectivity index (χ4v) is 2.82. The van der Waals surface area contributed by atoms with Crippen molar-refractivity contribution >= 4 is 17.7 Å². The quantitative estimate of drug-likeness (QED) is 0.674. The Morgan fingerprint density at radius 1 is 1.12 bits per heavy atom. The summed E-state index contributed by atoms with van der Waals surface area (Å²) in [6, 6.07) is 7.95. The summed E-state index contributed by atoms with van der Waals surface area (Å²) < 4.78 is 10.7. The van der Waals surface area contributed by atoms with Gasteiger partial charge in [-0.15, -0.1) is 0 Å². The highest BCUT2D eigenvalue weighted by Crippen LogP contribution is 2.21. The molecule has 0 amide bonds. The zero-order valence-electron chi connectivity index (χ0n) is 15.7. The summed E-state index contributed by atoms with van der Waals surface area (Å²) >= 11 is 0. The van der Waals surface area contributed by atoms with Crippen LogP contribution in [-0.4, -0.2) is 61.6 Å². The highest BCUT2D eigenvalue weighted by atomic mass is 16.5. The van der Waals surface area contributed by atoms with Crippen molar-refractivity contribution in [3.63, 3.8) is 0 Å². The number of aliphatic imine (C=N–C) groups is 2. The summed E-state index contributed by atoms with van der Waals surface area (Å²) in [5.41, 5.74) is 1.99. The average Bonchev–Trinajstić information content (AvgIpc) is 3.09. The van der Waals surface area contributed by atoms with Gasteiger partial charge in [0.2, 0.25) is 0 Å². The number of hydrogen-bond donors (Lipinski definition) is 0. The molecular weight excluding hydrogens is 328 g/mol. The van der Waals surface area contributed by atoms with E-state index in [2.05, 4.69) is 34.8 Å². The Morgan fingerprint density at radius 2 is 2.00 bits per heavy atom. The van der Waals surface area contributed by atoms with Crippen molar-refractivity contribution in [3.05, 3.63) is 47.8 Å². The Hall–Kier alpha value is -2.60. The molecule has 0 aromatic heterocycles. The van der Waals surface area contributed by atoms with Gasteiger partial charge in [-0.25, -0.2) is 9.98 Å². The minimum Gasteiger partial charge on any atom is -0.491 e. The van der Waals surface area contributed by atoms with Crippen LogP contribution in [0.2, 0.25) is 0 Å². The molecule has 0 saturated carbocycles. The molecule has 0 aliphatic carbocycles. The summed E-state index contributed by atoms with van der Waals surface area (Å²) in [5, 5.41) is 0. The Labute approximate surface area is 155 Å². The van der Waals surface area contributed by atoms with Gasteiger partial charge in [0.05, 0.1) is 13.3 Å². The molecule has 0 N–H and O–H groups in total. The lowest BCUT2D eigenvalue weighted by molar-refractivity contribution is 0.146. The molecule has 0 atom stereocenters. The molecule has 0 saturated heterocycles. The molecule has 0 radical (unpaired) electrons. The number of likely N-dealkylation sites (N-methyl/N-ethyl adjacent to an activating group) is 1. The highest BCUT2D eigenvalue weighted by Gasteiger charge is 2.26. The SMILES string of the molecule is CCN1C=C2N=C(/C=C/c3cccc(OCCOC)c3)N=C2N(CC)C1. The summed E-state index contributed by atoms with van der Waals surface area (Å²) in [5.74, 6) is 2.53. The minimum absolute atomic E-state index is 0.541. The Morgan fingerprint density at radius 3 is 2.77 bits per heavy atom. The first kappa shape index (κ1) is 18.2. The van der Waals surface area contributed by atoms with E-state index in [0.29, 0.717) is 13.2 Å². The molecule has 2 aliphatic rings. The molecule has 2 aliphatic heterocycles. The van der Waals surface area contributed by atoms with E-state index in [1.165, 1.54) is 0 Å². The number of methoxy groups -OCH3 is 1. The van der Waals surface area contributed by atoms with Crippen molar-refractivity contribution in [3.8, 4) is 5.75 Å². The molecule has 6 heteroatoms. The van der Waals surface area contributed by atoms with Crippen LogP contribution in [0.1, 0.15) is 19.4 Å². The largest absolute Gasteiger partial charge is 0.491 e. The molecule has 138 valence electrons. The molecule has 2 heterocycles. The van der Waals surface area contributed by atoms with Gasteiger partial charge in [0.25, 0.3) is 0 Å². The maximum absolute atomic E-state index is 5.65. The topological polar surface area (TPSA) is 49.7 Å². The van der Waals surface area contributed by atoms with Crippen LogP contribution in [-0.2, 0) is 4.74 Å². The van der Waals surface area contributed by atoms with E-state index in [0.717, 1.165) is 48.4 Å². The van der Waals surface area contributed by atoms with E-state index in [1.807, 2.05) is 36.4 Å². The zero-order chi connectivity index (χ0) is 18.4. The van der Waals surface area contributed by atoms with Gasteiger partial charge in [0.15, 0.2) is 11.7 Å². The van der Waals surface area contributed by atoms with E-state index in [-0.39, 0.29) is 0 Å². The molecule has 1 aromatic carbocycles. The molecule has 1 aromatic rings. The number of hydrogen-bond acceptors (Lipinski definition) is 6. The average molecular weight is 354 g/mol. The normalized spacial score (nSPS) is 16.5. The summed E-state index contributed by atoms with van der Waals surface area (Å²) in [6.45, 7) is 8.15. The molecular formula is C20H26N4O2. The van der Waals surface area contributed by atoms with Crippen molar-refractivity contribution in [1.82, 2.24) is 9.80 Å². The van der Waals surface area contributed by atoms with Crippen molar-refractivity contribution < 1.29 is 9.47 Å². The lowest BCUT2D eigenvalue weighted by Gasteiger charge is -2.33. The second-order valence-electron chi connectivity index (χ2n) is 6.07. The fourth-order valence-electron chi connectivity index (χ4n) is 2.82. The lowest BCUT2D eigenvalue weighted by atomic mass is 10.2. The van der Waals surface area contributed by atoms with Gasteiger partial charge in [-0.2, -0.15) is 0 Å². The molecule has 26 heavy (non-hydrogen) atoms. The van der Waals surface area contributed by atoms with Crippen LogP contribution in [0.3, 0.4) is 0 Å². The van der Waals surface area contributed by atoms with Gasteiger partial charge in [-0.1, -0.05) is 18.2 Å². The van der Waals surface area contributed by atoms with Crippen LogP contribution >= 0.6 is 0 Å². The van der Waals surface area contributed by atoms with Crippen LogP contribution in [0.5, 0.6) is 5.75 Å². The second-order valence-corrected chi connectivity index (χ2v) is 6.07. The third-order valence-electron chi connectivity index (χ3n) is 4.27. The third kappa shape index (κ3) is 4.32. The van der Waals surface area contributed by atoms with Gasteiger partial charge in [-0.3, -0.25) is 0 Å². The third-order valence-corrected chi connectivity index (χ3v) is 4.27. The smallest absolute Gasteiger partial charge is 0.160 e. The molecule has 0 spiro atoms. The maximum Gasteiger partial charge on any atom is 0.160 e. The standard InChI is InChI=1S/C20H26N4O2/c1-4-23-14-18-20(24(5-2)15-23)22-19(21-18)10-9-16-7-6-8-17(13-16)26-12-11-25-3/h6-10,13-14H,4-5,11-12,15H2,1-3H3/b10-9+. The second kappa shape index (κ2) is 8.67. The molecule has 3 rings (SSSR count). The summed E-state index contributed by atoms with van der Waals surface area (Å²) in [6.07, 6.45) is 6.05. The fraction of sp³-hybridized carbons (Fsp3) is 0.400. The van der Waals surface area contributed by atoms with Crippen LogP contribution in [0, 0.1) is 0 Å². The highest BCUT2D eigenvalue weighted by molar-refractivity contribution is 6.16. The van der Waals surface area contributed by atoms with Gasteiger partial charge < -0.3 is 19.3 Å². The first-order valence-electron chi connectivity index (χ1n) is 9.02. The molecule has 0 bridgehead atoms. The van der Waals surface area contributed by atoms with E-state index in [1.54, 1.807) is 7.11 Å². The molecule has 0 fully saturated rings. The summed E-state index contributed by atoms with van der Waals surface area (Å²) in [7, 11) is 1.67. The van der Waals surface area contributed by atoms with Crippen LogP contribution in [0.25, 0.3) is 6.08 Å². The van der Waals surface area contributed by atoms with E-state index < -0.39 is 0 Å². The van der Waals surface area contributed by atoms with Crippen molar-refractivity contribution in [1.29, 1.82) is 0 Å². The van der Waals surface area contributed by atoms with Gasteiger partial charge >= 0.3 is 0 Å². The van der Waals surface area contributed by atoms with Crippen LogP contribution < -0.4 is 4.74 Å². The number of nitrogens with zero attached hydrogens (tertiary/aromatic N) is 4. The van der Waals surface area contributed by atoms with Crippen molar-refractivity contribution in [2.45, 2.75) is 13.8 Å². The van der Waals surface area contributed by atoms with E-state index in [9.17, 15) is 0 Å². The minimum atomic E-state index is 0.541. The van der Waals surface area contributed by atoms with Gasteiger partial charge in [-0.05, 0) is 37.6 Å². The Balaban J connectivity index is 1.71. The van der Waals surface area contributed by atoms with Gasteiger partial charge in [0, 0.05) is 26.4 Å². The first-order valence-corrected chi connectivity index (χ1v) is 9.02. The Kier molecular flexibility index (Phi) is 6.07.